The molecule has 3 rings (SSSR count). The molecule has 0 bridgehead atoms. The predicted molar refractivity (Wildman–Crippen MR) is 87.8 cm³/mol. The van der Waals surface area contributed by atoms with E-state index in [1.807, 2.05) is 35.8 Å². The van der Waals surface area contributed by atoms with E-state index in [1.54, 1.807) is 19.1 Å². The first kappa shape index (κ1) is 16.4. The van der Waals surface area contributed by atoms with Crippen LogP contribution < -0.4 is 4.74 Å². The highest BCUT2D eigenvalue weighted by atomic mass is 16.5. The van der Waals surface area contributed by atoms with E-state index in [-0.39, 0.29) is 11.9 Å². The van der Waals surface area contributed by atoms with Crippen LogP contribution in [0.5, 0.6) is 5.75 Å². The quantitative estimate of drug-likeness (QED) is 0.801. The summed E-state index contributed by atoms with van der Waals surface area (Å²) in [7, 11) is 3.28. The van der Waals surface area contributed by atoms with Gasteiger partial charge in [-0.1, -0.05) is 12.1 Å². The van der Waals surface area contributed by atoms with Crippen molar-refractivity contribution in [2.75, 3.05) is 27.4 Å². The Labute approximate surface area is 141 Å². The van der Waals surface area contributed by atoms with Crippen molar-refractivity contribution in [3.8, 4) is 5.75 Å². The highest BCUT2D eigenvalue weighted by Crippen LogP contribution is 2.24. The van der Waals surface area contributed by atoms with E-state index in [4.69, 9.17) is 9.47 Å². The monoisotopic (exact) mass is 330 g/mol. The first-order valence-corrected chi connectivity index (χ1v) is 7.97. The van der Waals surface area contributed by atoms with Gasteiger partial charge in [-0.25, -0.2) is 0 Å². The van der Waals surface area contributed by atoms with Gasteiger partial charge < -0.3 is 18.9 Å². The number of methoxy groups -OCH3 is 2. The van der Waals surface area contributed by atoms with Gasteiger partial charge in [0.25, 0.3) is 0 Å². The summed E-state index contributed by atoms with van der Waals surface area (Å²) in [5.74, 6) is 2.53. The summed E-state index contributed by atoms with van der Waals surface area (Å²) in [6, 6.07) is 7.55. The predicted octanol–water partition coefficient (Wildman–Crippen LogP) is 1.43. The minimum Gasteiger partial charge on any atom is -0.497 e. The summed E-state index contributed by atoms with van der Waals surface area (Å²) in [5.41, 5.74) is 1.10. The Hall–Kier alpha value is -2.41. The smallest absolute Gasteiger partial charge is 0.245 e. The molecule has 0 radical (unpaired) electrons. The molecule has 24 heavy (non-hydrogen) atoms. The lowest BCUT2D eigenvalue weighted by Crippen LogP contribution is -2.43. The van der Waals surface area contributed by atoms with Crippen molar-refractivity contribution < 1.29 is 14.3 Å². The van der Waals surface area contributed by atoms with Crippen LogP contribution in [0.1, 0.15) is 30.2 Å². The van der Waals surface area contributed by atoms with Crippen LogP contribution in [0.3, 0.4) is 0 Å². The molecule has 2 heterocycles. The Morgan fingerprint density at radius 3 is 2.62 bits per heavy atom. The number of hydrogen-bond donors (Lipinski definition) is 0. The van der Waals surface area contributed by atoms with Gasteiger partial charge in [-0.3, -0.25) is 4.79 Å². The second kappa shape index (κ2) is 7.00. The Bertz CT molecular complexity index is 711. The van der Waals surface area contributed by atoms with Crippen LogP contribution in [0.15, 0.2) is 24.3 Å². The van der Waals surface area contributed by atoms with Gasteiger partial charge in [0, 0.05) is 20.1 Å². The van der Waals surface area contributed by atoms with Crippen molar-refractivity contribution in [3.63, 3.8) is 0 Å². The number of ether oxygens (including phenoxy) is 2. The molecule has 0 N–H and O–H groups in total. The van der Waals surface area contributed by atoms with E-state index in [9.17, 15) is 4.79 Å². The summed E-state index contributed by atoms with van der Waals surface area (Å²) >= 11 is 0. The summed E-state index contributed by atoms with van der Waals surface area (Å²) in [5, 5.41) is 8.59. The van der Waals surface area contributed by atoms with Gasteiger partial charge >= 0.3 is 0 Å². The number of carbonyl (C=O) groups is 1. The van der Waals surface area contributed by atoms with Crippen LogP contribution in [-0.4, -0.2) is 52.9 Å². The van der Waals surface area contributed by atoms with Crippen LogP contribution >= 0.6 is 0 Å². The maximum absolute atomic E-state index is 12.6. The van der Waals surface area contributed by atoms with Crippen molar-refractivity contribution in [1.82, 2.24) is 19.7 Å². The van der Waals surface area contributed by atoms with Crippen LogP contribution in [0.4, 0.5) is 0 Å². The first-order chi connectivity index (χ1) is 11.6. The summed E-state index contributed by atoms with van der Waals surface area (Å²) in [6.45, 7) is 3.46. The standard InChI is InChI=1S/C17H22N4O3/c1-12-17(22)20(8-9-23-2)11-16-19-18-15(21(12)16)10-13-4-6-14(24-3)7-5-13/h4-7,12H,8-11H2,1-3H3/t12-/m0/s1. The molecule has 1 aliphatic heterocycles. The maximum Gasteiger partial charge on any atom is 0.245 e. The third-order valence-corrected chi connectivity index (χ3v) is 4.31. The maximum atomic E-state index is 12.6. The molecule has 2 aromatic rings. The van der Waals surface area contributed by atoms with Crippen LogP contribution in [0.25, 0.3) is 0 Å². The van der Waals surface area contributed by atoms with Crippen LogP contribution in [0, 0.1) is 0 Å². The number of benzene rings is 1. The van der Waals surface area contributed by atoms with Gasteiger partial charge in [0.2, 0.25) is 5.91 Å². The molecular formula is C17H22N4O3. The molecule has 1 amide bonds. The molecule has 0 saturated carbocycles. The van der Waals surface area contributed by atoms with E-state index in [0.29, 0.717) is 26.1 Å². The first-order valence-electron chi connectivity index (χ1n) is 7.97. The van der Waals surface area contributed by atoms with Gasteiger partial charge in [-0.2, -0.15) is 0 Å². The van der Waals surface area contributed by atoms with Crippen molar-refractivity contribution in [1.29, 1.82) is 0 Å². The van der Waals surface area contributed by atoms with E-state index in [2.05, 4.69) is 10.2 Å². The third kappa shape index (κ3) is 3.12. The number of rotatable bonds is 6. The zero-order valence-electron chi connectivity index (χ0n) is 14.2. The van der Waals surface area contributed by atoms with Gasteiger partial charge in [-0.05, 0) is 24.6 Å². The van der Waals surface area contributed by atoms with Gasteiger partial charge in [0.05, 0.1) is 20.3 Å². The molecular weight excluding hydrogens is 308 g/mol. The van der Waals surface area contributed by atoms with Crippen molar-refractivity contribution >= 4 is 5.91 Å². The molecule has 0 unspecified atom stereocenters. The number of hydrogen-bond acceptors (Lipinski definition) is 5. The van der Waals surface area contributed by atoms with Gasteiger partial charge in [-0.15, -0.1) is 10.2 Å². The second-order valence-electron chi connectivity index (χ2n) is 5.86. The van der Waals surface area contributed by atoms with Crippen molar-refractivity contribution in [3.05, 3.63) is 41.5 Å². The second-order valence-corrected chi connectivity index (χ2v) is 5.86. The third-order valence-electron chi connectivity index (χ3n) is 4.31. The fourth-order valence-corrected chi connectivity index (χ4v) is 2.98. The molecule has 1 aromatic heterocycles. The number of carbonyl (C=O) groups excluding carboxylic acids is 1. The molecule has 0 fully saturated rings. The molecule has 0 saturated heterocycles. The highest BCUT2D eigenvalue weighted by molar-refractivity contribution is 5.81. The van der Waals surface area contributed by atoms with Crippen LogP contribution in [-0.2, 0) is 22.5 Å². The number of aromatic nitrogens is 3. The molecule has 1 aromatic carbocycles. The SMILES string of the molecule is COCCN1Cc2nnc(Cc3ccc(OC)cc3)n2[C@@H](C)C1=O. The number of nitrogens with zero attached hydrogens (tertiary/aromatic N) is 4. The Morgan fingerprint density at radius 1 is 1.21 bits per heavy atom. The van der Waals surface area contributed by atoms with Gasteiger partial charge in [0.15, 0.2) is 5.82 Å². The van der Waals surface area contributed by atoms with E-state index < -0.39 is 0 Å². The van der Waals surface area contributed by atoms with Crippen molar-refractivity contribution in [2.24, 2.45) is 0 Å². The molecule has 7 nitrogen and oxygen atoms in total. The molecule has 0 aliphatic carbocycles. The average molecular weight is 330 g/mol. The Morgan fingerprint density at radius 2 is 1.96 bits per heavy atom. The summed E-state index contributed by atoms with van der Waals surface area (Å²) < 4.78 is 12.2. The van der Waals surface area contributed by atoms with Crippen molar-refractivity contribution in [2.45, 2.75) is 25.9 Å². The molecule has 1 aliphatic rings. The fraction of sp³-hybridized carbons (Fsp3) is 0.471. The molecule has 7 heteroatoms. The average Bonchev–Trinajstić information content (AvgIpc) is 3.00. The van der Waals surface area contributed by atoms with E-state index in [1.165, 1.54) is 0 Å². The summed E-state index contributed by atoms with van der Waals surface area (Å²) in [4.78, 5) is 14.3. The number of amides is 1. The lowest BCUT2D eigenvalue weighted by atomic mass is 10.1. The minimum absolute atomic E-state index is 0.0790. The zero-order chi connectivity index (χ0) is 17.1. The zero-order valence-corrected chi connectivity index (χ0v) is 14.2. The largest absolute Gasteiger partial charge is 0.497 e. The van der Waals surface area contributed by atoms with E-state index in [0.717, 1.165) is 23.0 Å². The Balaban J connectivity index is 1.81. The lowest BCUT2D eigenvalue weighted by molar-refractivity contribution is -0.137. The highest BCUT2D eigenvalue weighted by Gasteiger charge is 2.32. The topological polar surface area (TPSA) is 69.5 Å². The van der Waals surface area contributed by atoms with Crippen LogP contribution in [0.2, 0.25) is 0 Å². The number of fused-ring (bicyclic) bond motifs is 1. The van der Waals surface area contributed by atoms with E-state index >= 15 is 0 Å². The summed E-state index contributed by atoms with van der Waals surface area (Å²) in [6.07, 6.45) is 0.632. The Kier molecular flexibility index (Phi) is 4.80. The lowest BCUT2D eigenvalue weighted by Gasteiger charge is -2.32. The van der Waals surface area contributed by atoms with Gasteiger partial charge in [0.1, 0.15) is 17.6 Å². The normalized spacial score (nSPS) is 17.0. The molecule has 0 spiro atoms. The molecule has 1 atom stereocenters. The minimum atomic E-state index is -0.297. The molecule has 128 valence electrons. The fourth-order valence-electron chi connectivity index (χ4n) is 2.98.